The molecule has 148 valence electrons. The lowest BCUT2D eigenvalue weighted by molar-refractivity contribution is -0.130. The van der Waals surface area contributed by atoms with Crippen LogP contribution in [0, 0.1) is 0 Å². The third-order valence-electron chi connectivity index (χ3n) is 6.59. The lowest BCUT2D eigenvalue weighted by Crippen LogP contribution is -2.55. The van der Waals surface area contributed by atoms with Crippen molar-refractivity contribution >= 4 is 11.6 Å². The quantitative estimate of drug-likeness (QED) is 0.838. The highest BCUT2D eigenvalue weighted by molar-refractivity contribution is 5.89. The standard InChI is InChI=1S/C24H31N3O/c1-20(26-15-17-27(18-16-26)22-11-6-3-7-12-22)19-25-23(28)24(13-8-14-24)21-9-4-2-5-10-21/h2-7,9-12,20H,8,13-19H2,1H3,(H,25,28). The van der Waals surface area contributed by atoms with E-state index in [1.807, 2.05) is 18.2 Å². The normalized spacial score (nSPS) is 20.2. The monoisotopic (exact) mass is 377 g/mol. The summed E-state index contributed by atoms with van der Waals surface area (Å²) in [5, 5.41) is 3.27. The Morgan fingerprint density at radius 3 is 2.14 bits per heavy atom. The van der Waals surface area contributed by atoms with Gasteiger partial charge in [0, 0.05) is 44.5 Å². The predicted molar refractivity (Wildman–Crippen MR) is 115 cm³/mol. The number of hydrogen-bond donors (Lipinski definition) is 1. The molecule has 0 radical (unpaired) electrons. The molecule has 0 aromatic heterocycles. The number of carbonyl (C=O) groups excluding carboxylic acids is 1. The van der Waals surface area contributed by atoms with Crippen molar-refractivity contribution in [1.82, 2.24) is 10.2 Å². The van der Waals surface area contributed by atoms with Crippen molar-refractivity contribution in [2.24, 2.45) is 0 Å². The smallest absolute Gasteiger partial charge is 0.230 e. The molecule has 1 aliphatic heterocycles. The second-order valence-electron chi connectivity index (χ2n) is 8.22. The van der Waals surface area contributed by atoms with Gasteiger partial charge in [-0.15, -0.1) is 0 Å². The highest BCUT2D eigenvalue weighted by atomic mass is 16.2. The Labute approximate surface area is 168 Å². The van der Waals surface area contributed by atoms with E-state index in [0.717, 1.165) is 52.0 Å². The summed E-state index contributed by atoms with van der Waals surface area (Å²) in [4.78, 5) is 18.0. The van der Waals surface area contributed by atoms with Crippen molar-refractivity contribution in [3.63, 3.8) is 0 Å². The van der Waals surface area contributed by atoms with Gasteiger partial charge in [0.1, 0.15) is 0 Å². The van der Waals surface area contributed by atoms with E-state index in [4.69, 9.17) is 0 Å². The number of hydrogen-bond acceptors (Lipinski definition) is 3. The van der Waals surface area contributed by atoms with Gasteiger partial charge in [0.2, 0.25) is 5.91 Å². The number of carbonyl (C=O) groups is 1. The van der Waals surface area contributed by atoms with Gasteiger partial charge in [0.05, 0.1) is 5.41 Å². The zero-order valence-electron chi connectivity index (χ0n) is 16.8. The Morgan fingerprint density at radius 2 is 1.57 bits per heavy atom. The molecule has 1 amide bonds. The fraction of sp³-hybridized carbons (Fsp3) is 0.458. The van der Waals surface area contributed by atoms with E-state index in [9.17, 15) is 4.79 Å². The molecule has 1 N–H and O–H groups in total. The van der Waals surface area contributed by atoms with Gasteiger partial charge in [-0.05, 0) is 37.5 Å². The van der Waals surface area contributed by atoms with Crippen molar-refractivity contribution in [3.8, 4) is 0 Å². The van der Waals surface area contributed by atoms with Gasteiger partial charge in [-0.2, -0.15) is 0 Å². The maximum absolute atomic E-state index is 13.0. The van der Waals surface area contributed by atoms with Crippen LogP contribution in [0.5, 0.6) is 0 Å². The maximum atomic E-state index is 13.0. The molecule has 1 saturated carbocycles. The fourth-order valence-electron chi connectivity index (χ4n) is 4.53. The average molecular weight is 378 g/mol. The Kier molecular flexibility index (Phi) is 5.67. The SMILES string of the molecule is CC(CNC(=O)C1(c2ccccc2)CCC1)N1CCN(c2ccccc2)CC1. The number of amides is 1. The Morgan fingerprint density at radius 1 is 0.964 bits per heavy atom. The molecule has 0 bridgehead atoms. The highest BCUT2D eigenvalue weighted by Gasteiger charge is 2.45. The topological polar surface area (TPSA) is 35.6 Å². The third kappa shape index (κ3) is 3.79. The van der Waals surface area contributed by atoms with Crippen molar-refractivity contribution in [3.05, 3.63) is 66.2 Å². The van der Waals surface area contributed by atoms with Crippen molar-refractivity contribution in [2.45, 2.75) is 37.6 Å². The van der Waals surface area contributed by atoms with Crippen molar-refractivity contribution in [1.29, 1.82) is 0 Å². The zero-order chi connectivity index (χ0) is 19.4. The summed E-state index contributed by atoms with van der Waals surface area (Å²) < 4.78 is 0. The summed E-state index contributed by atoms with van der Waals surface area (Å²) in [6.07, 6.45) is 3.07. The lowest BCUT2D eigenvalue weighted by Gasteiger charge is -2.42. The van der Waals surface area contributed by atoms with Gasteiger partial charge < -0.3 is 10.2 Å². The van der Waals surface area contributed by atoms with Crippen molar-refractivity contribution < 1.29 is 4.79 Å². The molecule has 4 heteroatoms. The third-order valence-corrected chi connectivity index (χ3v) is 6.59. The van der Waals surface area contributed by atoms with Gasteiger partial charge in [-0.25, -0.2) is 0 Å². The fourth-order valence-corrected chi connectivity index (χ4v) is 4.53. The van der Waals surface area contributed by atoms with Crippen LogP contribution in [0.25, 0.3) is 0 Å². The first-order valence-electron chi connectivity index (χ1n) is 10.6. The van der Waals surface area contributed by atoms with E-state index in [0.29, 0.717) is 6.04 Å². The first-order valence-corrected chi connectivity index (χ1v) is 10.6. The van der Waals surface area contributed by atoms with Gasteiger partial charge in [0.25, 0.3) is 0 Å². The van der Waals surface area contributed by atoms with E-state index in [2.05, 4.69) is 64.5 Å². The first kappa shape index (κ1) is 19.0. The van der Waals surface area contributed by atoms with Gasteiger partial charge in [-0.1, -0.05) is 55.0 Å². The van der Waals surface area contributed by atoms with Crippen LogP contribution in [0.2, 0.25) is 0 Å². The number of rotatable bonds is 6. The molecule has 0 spiro atoms. The average Bonchev–Trinajstić information content (AvgIpc) is 2.73. The predicted octanol–water partition coefficient (Wildman–Crippen LogP) is 3.44. The lowest BCUT2D eigenvalue weighted by atomic mass is 9.64. The molecule has 28 heavy (non-hydrogen) atoms. The Hall–Kier alpha value is -2.33. The molecular formula is C24H31N3O. The number of piperazine rings is 1. The van der Waals surface area contributed by atoms with E-state index >= 15 is 0 Å². The van der Waals surface area contributed by atoms with Crippen LogP contribution in [0.4, 0.5) is 5.69 Å². The van der Waals surface area contributed by atoms with Crippen LogP contribution in [-0.4, -0.2) is 49.6 Å². The van der Waals surface area contributed by atoms with Crippen LogP contribution >= 0.6 is 0 Å². The molecule has 4 rings (SSSR count). The van der Waals surface area contributed by atoms with Gasteiger partial charge in [0.15, 0.2) is 0 Å². The number of anilines is 1. The molecule has 2 fully saturated rings. The molecule has 1 saturated heterocycles. The molecule has 4 nitrogen and oxygen atoms in total. The summed E-state index contributed by atoms with van der Waals surface area (Å²) in [6, 6.07) is 21.3. The van der Waals surface area contributed by atoms with E-state index in [-0.39, 0.29) is 11.3 Å². The van der Waals surface area contributed by atoms with Crippen LogP contribution < -0.4 is 10.2 Å². The molecule has 1 atom stereocenters. The molecule has 1 heterocycles. The number of benzene rings is 2. The molecular weight excluding hydrogens is 346 g/mol. The van der Waals surface area contributed by atoms with Crippen LogP contribution in [0.1, 0.15) is 31.7 Å². The minimum absolute atomic E-state index is 0.208. The van der Waals surface area contributed by atoms with Gasteiger partial charge in [-0.3, -0.25) is 9.69 Å². The molecule has 2 aromatic rings. The largest absolute Gasteiger partial charge is 0.369 e. The summed E-state index contributed by atoms with van der Waals surface area (Å²) in [5.41, 5.74) is 2.17. The maximum Gasteiger partial charge on any atom is 0.230 e. The number of nitrogens with one attached hydrogen (secondary N) is 1. The number of nitrogens with zero attached hydrogens (tertiary/aromatic N) is 2. The van der Waals surface area contributed by atoms with Crippen LogP contribution in [-0.2, 0) is 10.2 Å². The van der Waals surface area contributed by atoms with Crippen LogP contribution in [0.15, 0.2) is 60.7 Å². The van der Waals surface area contributed by atoms with Gasteiger partial charge >= 0.3 is 0 Å². The minimum atomic E-state index is -0.299. The van der Waals surface area contributed by atoms with E-state index < -0.39 is 0 Å². The molecule has 1 unspecified atom stereocenters. The van der Waals surface area contributed by atoms with E-state index in [1.165, 1.54) is 11.3 Å². The molecule has 2 aliphatic rings. The summed E-state index contributed by atoms with van der Waals surface area (Å²) >= 11 is 0. The molecule has 1 aliphatic carbocycles. The summed E-state index contributed by atoms with van der Waals surface area (Å²) in [6.45, 7) is 7.10. The summed E-state index contributed by atoms with van der Waals surface area (Å²) in [7, 11) is 0. The Balaban J connectivity index is 1.29. The summed E-state index contributed by atoms with van der Waals surface area (Å²) in [5.74, 6) is 0.208. The first-order chi connectivity index (χ1) is 13.7. The second-order valence-corrected chi connectivity index (χ2v) is 8.22. The van der Waals surface area contributed by atoms with E-state index in [1.54, 1.807) is 0 Å². The minimum Gasteiger partial charge on any atom is -0.369 e. The molecule has 2 aromatic carbocycles. The van der Waals surface area contributed by atoms with Crippen LogP contribution in [0.3, 0.4) is 0 Å². The number of para-hydroxylation sites is 1. The van der Waals surface area contributed by atoms with Crippen molar-refractivity contribution in [2.75, 3.05) is 37.6 Å². The zero-order valence-corrected chi connectivity index (χ0v) is 16.8. The highest BCUT2D eigenvalue weighted by Crippen LogP contribution is 2.43. The Bertz CT molecular complexity index is 765. The second kappa shape index (κ2) is 8.36.